The summed E-state index contributed by atoms with van der Waals surface area (Å²) in [6.45, 7) is 4.48. The molecule has 0 radical (unpaired) electrons. The highest BCUT2D eigenvalue weighted by atomic mass is 16.5. The van der Waals surface area contributed by atoms with Crippen molar-refractivity contribution in [1.82, 2.24) is 5.32 Å². The number of nitrogens with one attached hydrogen (secondary N) is 1. The van der Waals surface area contributed by atoms with Crippen molar-refractivity contribution in [2.75, 3.05) is 32.1 Å². The Morgan fingerprint density at radius 1 is 1.41 bits per heavy atom. The number of hydrogen-bond donors (Lipinski definition) is 1. The largest absolute Gasteiger partial charge is 0.497 e. The maximum atomic E-state index is 5.28. The summed E-state index contributed by atoms with van der Waals surface area (Å²) in [5, 5.41) is 3.48. The number of hydrogen-bond acceptors (Lipinski definition) is 3. The van der Waals surface area contributed by atoms with Gasteiger partial charge in [-0.05, 0) is 18.1 Å². The van der Waals surface area contributed by atoms with Gasteiger partial charge < -0.3 is 15.0 Å². The molecule has 2 atom stereocenters. The van der Waals surface area contributed by atoms with E-state index in [1.807, 2.05) is 12.1 Å². The molecule has 1 saturated heterocycles. The van der Waals surface area contributed by atoms with Gasteiger partial charge in [-0.2, -0.15) is 0 Å². The maximum Gasteiger partial charge on any atom is 0.120 e. The Hall–Kier alpha value is -1.22. The first-order chi connectivity index (χ1) is 8.26. The van der Waals surface area contributed by atoms with Crippen LogP contribution in [0.5, 0.6) is 5.75 Å². The Morgan fingerprint density at radius 2 is 2.24 bits per heavy atom. The van der Waals surface area contributed by atoms with Gasteiger partial charge in [-0.25, -0.2) is 0 Å². The highest BCUT2D eigenvalue weighted by Gasteiger charge is 2.28. The van der Waals surface area contributed by atoms with Crippen LogP contribution in [0.4, 0.5) is 5.69 Å². The molecule has 1 aliphatic rings. The molecule has 17 heavy (non-hydrogen) atoms. The lowest BCUT2D eigenvalue weighted by Crippen LogP contribution is -2.37. The van der Waals surface area contributed by atoms with E-state index in [0.717, 1.165) is 24.8 Å². The van der Waals surface area contributed by atoms with Crippen molar-refractivity contribution in [3.05, 3.63) is 24.3 Å². The molecule has 1 fully saturated rings. The molecule has 0 bridgehead atoms. The van der Waals surface area contributed by atoms with Gasteiger partial charge in [-0.3, -0.25) is 0 Å². The van der Waals surface area contributed by atoms with Crippen LogP contribution in [0.2, 0.25) is 0 Å². The number of methoxy groups -OCH3 is 1. The lowest BCUT2D eigenvalue weighted by Gasteiger charge is -2.30. The molecule has 0 spiro atoms. The summed E-state index contributed by atoms with van der Waals surface area (Å²) in [4.78, 5) is 2.37. The monoisotopic (exact) mass is 234 g/mol. The molecule has 1 aromatic carbocycles. The molecule has 0 saturated carbocycles. The van der Waals surface area contributed by atoms with Gasteiger partial charge in [0.25, 0.3) is 0 Å². The minimum Gasteiger partial charge on any atom is -0.497 e. The first-order valence-electron chi connectivity index (χ1n) is 6.34. The van der Waals surface area contributed by atoms with E-state index in [0.29, 0.717) is 6.04 Å². The van der Waals surface area contributed by atoms with Crippen LogP contribution >= 0.6 is 0 Å². The second kappa shape index (κ2) is 5.41. The van der Waals surface area contributed by atoms with Gasteiger partial charge in [0.1, 0.15) is 5.75 Å². The highest BCUT2D eigenvalue weighted by Crippen LogP contribution is 2.26. The average molecular weight is 234 g/mol. The second-order valence-corrected chi connectivity index (χ2v) is 4.71. The molecular weight excluding hydrogens is 212 g/mol. The number of likely N-dealkylation sites (N-methyl/N-ethyl adjacent to an activating group) is 1. The Morgan fingerprint density at radius 3 is 2.94 bits per heavy atom. The molecule has 94 valence electrons. The molecule has 1 N–H and O–H groups in total. The normalized spacial score (nSPS) is 23.7. The van der Waals surface area contributed by atoms with Crippen LogP contribution in [0.3, 0.4) is 0 Å². The summed E-state index contributed by atoms with van der Waals surface area (Å²) in [6, 6.07) is 8.88. The van der Waals surface area contributed by atoms with Crippen LogP contribution < -0.4 is 15.0 Å². The van der Waals surface area contributed by atoms with E-state index in [9.17, 15) is 0 Å². The SMILES string of the molecule is CCC1CNCC1N(C)c1cccc(OC)c1. The first kappa shape index (κ1) is 12.2. The van der Waals surface area contributed by atoms with E-state index in [4.69, 9.17) is 4.74 Å². The smallest absolute Gasteiger partial charge is 0.120 e. The van der Waals surface area contributed by atoms with Crippen molar-refractivity contribution in [2.45, 2.75) is 19.4 Å². The summed E-state index contributed by atoms with van der Waals surface area (Å²) in [5.74, 6) is 1.67. The van der Waals surface area contributed by atoms with E-state index in [-0.39, 0.29) is 0 Å². The van der Waals surface area contributed by atoms with Crippen molar-refractivity contribution in [3.8, 4) is 5.75 Å². The third-order valence-electron chi connectivity index (χ3n) is 3.79. The predicted octanol–water partition coefficient (Wildman–Crippen LogP) is 2.13. The average Bonchev–Trinajstić information content (AvgIpc) is 2.86. The van der Waals surface area contributed by atoms with Gasteiger partial charge in [-0.15, -0.1) is 0 Å². The fourth-order valence-corrected chi connectivity index (χ4v) is 2.61. The van der Waals surface area contributed by atoms with E-state index in [2.05, 4.69) is 36.3 Å². The number of benzene rings is 1. The van der Waals surface area contributed by atoms with E-state index < -0.39 is 0 Å². The summed E-state index contributed by atoms with van der Waals surface area (Å²) >= 11 is 0. The van der Waals surface area contributed by atoms with Crippen LogP contribution in [-0.4, -0.2) is 33.3 Å². The second-order valence-electron chi connectivity index (χ2n) is 4.71. The predicted molar refractivity (Wildman–Crippen MR) is 71.8 cm³/mol. The standard InChI is InChI=1S/C14H22N2O/c1-4-11-9-15-10-14(11)16(2)12-6-5-7-13(8-12)17-3/h5-8,11,14-15H,4,9-10H2,1-3H3. The number of nitrogens with zero attached hydrogens (tertiary/aromatic N) is 1. The molecule has 0 aromatic heterocycles. The molecular formula is C14H22N2O. The first-order valence-corrected chi connectivity index (χ1v) is 6.34. The molecule has 1 heterocycles. The summed E-state index contributed by atoms with van der Waals surface area (Å²) in [6.07, 6.45) is 1.23. The lowest BCUT2D eigenvalue weighted by atomic mass is 9.99. The molecule has 1 aromatic rings. The number of anilines is 1. The third-order valence-corrected chi connectivity index (χ3v) is 3.79. The lowest BCUT2D eigenvalue weighted by molar-refractivity contribution is 0.414. The molecule has 1 aliphatic heterocycles. The zero-order valence-corrected chi connectivity index (χ0v) is 10.9. The van der Waals surface area contributed by atoms with Gasteiger partial charge >= 0.3 is 0 Å². The summed E-state index contributed by atoms with van der Waals surface area (Å²) < 4.78 is 5.28. The molecule has 2 rings (SSSR count). The van der Waals surface area contributed by atoms with Crippen molar-refractivity contribution in [1.29, 1.82) is 0 Å². The van der Waals surface area contributed by atoms with Crippen LogP contribution in [0.1, 0.15) is 13.3 Å². The fourth-order valence-electron chi connectivity index (χ4n) is 2.61. The number of ether oxygens (including phenoxy) is 1. The van der Waals surface area contributed by atoms with E-state index in [1.165, 1.54) is 12.1 Å². The van der Waals surface area contributed by atoms with Gasteiger partial charge in [0.15, 0.2) is 0 Å². The Labute approximate surface area is 104 Å². The highest BCUT2D eigenvalue weighted by molar-refractivity contribution is 5.51. The van der Waals surface area contributed by atoms with Crippen LogP contribution in [0.15, 0.2) is 24.3 Å². The van der Waals surface area contributed by atoms with Gasteiger partial charge in [-0.1, -0.05) is 19.4 Å². The molecule has 3 heteroatoms. The van der Waals surface area contributed by atoms with E-state index in [1.54, 1.807) is 7.11 Å². The molecule has 3 nitrogen and oxygen atoms in total. The van der Waals surface area contributed by atoms with Crippen molar-refractivity contribution in [2.24, 2.45) is 5.92 Å². The Balaban J connectivity index is 2.15. The van der Waals surface area contributed by atoms with Crippen LogP contribution in [-0.2, 0) is 0 Å². The summed E-state index contributed by atoms with van der Waals surface area (Å²) in [7, 11) is 3.89. The van der Waals surface area contributed by atoms with Crippen LogP contribution in [0.25, 0.3) is 0 Å². The maximum absolute atomic E-state index is 5.28. The number of rotatable bonds is 4. The van der Waals surface area contributed by atoms with Crippen molar-refractivity contribution in [3.63, 3.8) is 0 Å². The quantitative estimate of drug-likeness (QED) is 0.863. The summed E-state index contributed by atoms with van der Waals surface area (Å²) in [5.41, 5.74) is 1.23. The van der Waals surface area contributed by atoms with Gasteiger partial charge in [0.05, 0.1) is 7.11 Å². The minimum absolute atomic E-state index is 0.590. The van der Waals surface area contributed by atoms with Gasteiger partial charge in [0.2, 0.25) is 0 Å². The third kappa shape index (κ3) is 2.55. The Bertz CT molecular complexity index is 367. The fraction of sp³-hybridized carbons (Fsp3) is 0.571. The Kier molecular flexibility index (Phi) is 3.89. The molecule has 0 aliphatic carbocycles. The minimum atomic E-state index is 0.590. The molecule has 2 unspecified atom stereocenters. The van der Waals surface area contributed by atoms with Gasteiger partial charge in [0, 0.05) is 37.9 Å². The molecule has 0 amide bonds. The van der Waals surface area contributed by atoms with Crippen molar-refractivity contribution >= 4 is 5.69 Å². The topological polar surface area (TPSA) is 24.5 Å². The van der Waals surface area contributed by atoms with E-state index >= 15 is 0 Å². The van der Waals surface area contributed by atoms with Crippen molar-refractivity contribution < 1.29 is 4.74 Å². The zero-order valence-electron chi connectivity index (χ0n) is 10.9. The van der Waals surface area contributed by atoms with Crippen LogP contribution in [0, 0.1) is 5.92 Å². The zero-order chi connectivity index (χ0) is 12.3.